The van der Waals surface area contributed by atoms with E-state index in [1.165, 1.54) is 0 Å². The van der Waals surface area contributed by atoms with E-state index in [9.17, 15) is 13.6 Å². The molecule has 2 fully saturated rings. The Labute approximate surface area is 233 Å². The summed E-state index contributed by atoms with van der Waals surface area (Å²) in [6.45, 7) is 0.157. The number of aromatic nitrogens is 5. The van der Waals surface area contributed by atoms with Crippen LogP contribution in [0.2, 0.25) is 0 Å². The number of amides is 1. The predicted molar refractivity (Wildman–Crippen MR) is 146 cm³/mol. The Balaban J connectivity index is 1.34. The minimum Gasteiger partial charge on any atom is -0.434 e. The summed E-state index contributed by atoms with van der Waals surface area (Å²) in [4.78, 5) is 20.2. The summed E-state index contributed by atoms with van der Waals surface area (Å²) >= 11 is 1.62. The first-order valence-electron chi connectivity index (χ1n) is 13.2. The van der Waals surface area contributed by atoms with Gasteiger partial charge in [-0.15, -0.1) is 11.8 Å². The van der Waals surface area contributed by atoms with Gasteiger partial charge in [-0.25, -0.2) is 9.50 Å². The number of nitrogens with one attached hydrogen (secondary N) is 1. The fourth-order valence-corrected chi connectivity index (χ4v) is 5.89. The van der Waals surface area contributed by atoms with Gasteiger partial charge in [-0.05, 0) is 43.5 Å². The number of halogens is 2. The lowest BCUT2D eigenvalue weighted by Gasteiger charge is -2.26. The van der Waals surface area contributed by atoms with Gasteiger partial charge >= 0.3 is 6.61 Å². The third-order valence-corrected chi connectivity index (χ3v) is 8.05. The molecular weight excluding hydrogens is 540 g/mol. The minimum atomic E-state index is -3.00. The molecule has 0 aliphatic carbocycles. The number of ether oxygens (including phenoxy) is 2. The number of alkyl halides is 2. The lowest BCUT2D eigenvalue weighted by atomic mass is 10.1. The third kappa shape index (κ3) is 5.89. The maximum absolute atomic E-state index is 13.4. The van der Waals surface area contributed by atoms with E-state index in [-0.39, 0.29) is 18.2 Å². The van der Waals surface area contributed by atoms with Crippen LogP contribution in [0.5, 0.6) is 5.75 Å². The van der Waals surface area contributed by atoms with Gasteiger partial charge < -0.3 is 19.7 Å². The van der Waals surface area contributed by atoms with Crippen LogP contribution in [0.15, 0.2) is 53.9 Å². The second-order valence-corrected chi connectivity index (χ2v) is 11.1. The summed E-state index contributed by atoms with van der Waals surface area (Å²) in [6, 6.07) is 6.91. The van der Waals surface area contributed by atoms with Gasteiger partial charge in [0.05, 0.1) is 30.3 Å². The molecule has 210 valence electrons. The average Bonchev–Trinajstić information content (AvgIpc) is 3.54. The van der Waals surface area contributed by atoms with Crippen molar-refractivity contribution < 1.29 is 23.0 Å². The zero-order valence-electron chi connectivity index (χ0n) is 21.7. The van der Waals surface area contributed by atoms with Gasteiger partial charge in [0, 0.05) is 54.2 Å². The maximum atomic E-state index is 13.4. The summed E-state index contributed by atoms with van der Waals surface area (Å²) < 4.78 is 40.2. The molecule has 6 rings (SSSR count). The summed E-state index contributed by atoms with van der Waals surface area (Å²) in [5, 5.41) is 12.7. The van der Waals surface area contributed by atoms with Gasteiger partial charge in [0.2, 0.25) is 5.91 Å². The Morgan fingerprint density at radius 3 is 2.85 bits per heavy atom. The van der Waals surface area contributed by atoms with Crippen LogP contribution >= 0.6 is 11.8 Å². The normalized spacial score (nSPS) is 15.9. The topological polar surface area (TPSA) is 98.8 Å². The van der Waals surface area contributed by atoms with E-state index in [1.807, 2.05) is 17.2 Å². The molecule has 0 spiro atoms. The molecule has 0 saturated carbocycles. The highest BCUT2D eigenvalue weighted by atomic mass is 32.2. The van der Waals surface area contributed by atoms with Gasteiger partial charge in [0.1, 0.15) is 18.0 Å². The van der Waals surface area contributed by atoms with Crippen LogP contribution in [-0.2, 0) is 22.6 Å². The summed E-state index contributed by atoms with van der Waals surface area (Å²) in [6.07, 6.45) is 10.1. The predicted octanol–water partition coefficient (Wildman–Crippen LogP) is 4.31. The standard InChI is InChI=1S/C27H29F2N7O3S/c28-27(29)39-23-6-5-19(40-20-16-38-17-20)11-21(23)25-22(31-12-18-13-32-36-10-4-7-30-26(18)36)14-35(33-25)15-24(37)34-8-2-1-3-9-34/h4-7,10-11,13-14,20,27,31H,1-3,8-9,12,15-17H2. The van der Waals surface area contributed by atoms with Crippen LogP contribution < -0.4 is 10.1 Å². The van der Waals surface area contributed by atoms with E-state index in [0.29, 0.717) is 47.6 Å². The molecule has 0 bridgehead atoms. The van der Waals surface area contributed by atoms with Gasteiger partial charge in [-0.1, -0.05) is 0 Å². The van der Waals surface area contributed by atoms with Crippen LogP contribution in [0.1, 0.15) is 24.8 Å². The number of hydrogen-bond donors (Lipinski definition) is 1. The highest BCUT2D eigenvalue weighted by Crippen LogP contribution is 2.39. The molecule has 0 atom stereocenters. The van der Waals surface area contributed by atoms with E-state index in [1.54, 1.807) is 57.7 Å². The molecule has 1 N–H and O–H groups in total. The van der Waals surface area contributed by atoms with Crippen molar-refractivity contribution in [3.8, 4) is 17.0 Å². The summed E-state index contributed by atoms with van der Waals surface area (Å²) in [5.41, 5.74) is 2.96. The van der Waals surface area contributed by atoms with Gasteiger partial charge in [-0.3, -0.25) is 9.48 Å². The molecule has 0 radical (unpaired) electrons. The molecule has 3 aromatic heterocycles. The Morgan fingerprint density at radius 2 is 2.08 bits per heavy atom. The second-order valence-electron chi connectivity index (χ2n) is 9.76. The number of anilines is 1. The first kappa shape index (κ1) is 26.5. The number of rotatable bonds is 10. The van der Waals surface area contributed by atoms with E-state index in [0.717, 1.165) is 42.8 Å². The fraction of sp³-hybridized carbons (Fsp3) is 0.407. The summed E-state index contributed by atoms with van der Waals surface area (Å²) in [7, 11) is 0. The Kier molecular flexibility index (Phi) is 7.82. The largest absolute Gasteiger partial charge is 0.434 e. The van der Waals surface area contributed by atoms with Crippen LogP contribution in [0, 0.1) is 0 Å². The molecule has 40 heavy (non-hydrogen) atoms. The lowest BCUT2D eigenvalue weighted by Crippen LogP contribution is -2.37. The molecule has 13 heteroatoms. The number of benzene rings is 1. The molecule has 2 aliphatic heterocycles. The van der Waals surface area contributed by atoms with Gasteiger partial charge in [-0.2, -0.15) is 19.0 Å². The van der Waals surface area contributed by atoms with Crippen molar-refractivity contribution in [2.24, 2.45) is 0 Å². The molecule has 5 heterocycles. The molecule has 2 saturated heterocycles. The second kappa shape index (κ2) is 11.8. The highest BCUT2D eigenvalue weighted by molar-refractivity contribution is 8.00. The number of likely N-dealkylation sites (tertiary alicyclic amines) is 1. The van der Waals surface area contributed by atoms with E-state index >= 15 is 0 Å². The van der Waals surface area contributed by atoms with Crippen molar-refractivity contribution >= 4 is 29.0 Å². The fourth-order valence-electron chi connectivity index (χ4n) is 4.84. The number of fused-ring (bicyclic) bond motifs is 1. The molecule has 0 unspecified atom stereocenters. The smallest absolute Gasteiger partial charge is 0.387 e. The van der Waals surface area contributed by atoms with Crippen molar-refractivity contribution in [2.45, 2.75) is 49.1 Å². The van der Waals surface area contributed by atoms with Crippen LogP contribution in [0.3, 0.4) is 0 Å². The Hall–Kier alpha value is -3.71. The van der Waals surface area contributed by atoms with E-state index in [4.69, 9.17) is 14.6 Å². The zero-order chi connectivity index (χ0) is 27.5. The minimum absolute atomic E-state index is 0.0116. The first-order chi connectivity index (χ1) is 19.5. The molecule has 1 amide bonds. The SMILES string of the molecule is O=C(Cn1cc(NCc2cnn3cccnc23)c(-c2cc(SC3COC3)ccc2OC(F)F)n1)N1CCCCC1. The van der Waals surface area contributed by atoms with Crippen LogP contribution in [-0.4, -0.2) is 73.4 Å². The molecule has 10 nitrogen and oxygen atoms in total. The van der Waals surface area contributed by atoms with Crippen molar-refractivity contribution in [2.75, 3.05) is 31.6 Å². The number of carbonyl (C=O) groups is 1. The quantitative estimate of drug-likeness (QED) is 0.302. The van der Waals surface area contributed by atoms with E-state index < -0.39 is 6.61 Å². The Morgan fingerprint density at radius 1 is 1.23 bits per heavy atom. The average molecular weight is 570 g/mol. The highest BCUT2D eigenvalue weighted by Gasteiger charge is 2.24. The van der Waals surface area contributed by atoms with Crippen LogP contribution in [0.25, 0.3) is 16.9 Å². The molecule has 2 aliphatic rings. The lowest BCUT2D eigenvalue weighted by molar-refractivity contribution is -0.132. The van der Waals surface area contributed by atoms with Crippen molar-refractivity contribution in [1.29, 1.82) is 0 Å². The van der Waals surface area contributed by atoms with Crippen molar-refractivity contribution in [3.63, 3.8) is 0 Å². The zero-order valence-corrected chi connectivity index (χ0v) is 22.5. The number of piperidine rings is 1. The summed E-state index contributed by atoms with van der Waals surface area (Å²) in [5.74, 6) is -0.0111. The monoisotopic (exact) mass is 569 g/mol. The van der Waals surface area contributed by atoms with Gasteiger partial charge in [0.15, 0.2) is 5.65 Å². The maximum Gasteiger partial charge on any atom is 0.387 e. The molecule has 1 aromatic carbocycles. The van der Waals surface area contributed by atoms with Crippen molar-refractivity contribution in [3.05, 3.63) is 54.6 Å². The Bertz CT molecular complexity index is 1480. The van der Waals surface area contributed by atoms with Gasteiger partial charge in [0.25, 0.3) is 0 Å². The number of nitrogens with zero attached hydrogens (tertiary/aromatic N) is 6. The number of carbonyl (C=O) groups excluding carboxylic acids is 1. The molecular formula is C27H29F2N7O3S. The van der Waals surface area contributed by atoms with E-state index in [2.05, 4.69) is 15.4 Å². The number of hydrogen-bond acceptors (Lipinski definition) is 8. The first-order valence-corrected chi connectivity index (χ1v) is 14.1. The molecule has 4 aromatic rings. The van der Waals surface area contributed by atoms with Crippen LogP contribution in [0.4, 0.5) is 14.5 Å². The van der Waals surface area contributed by atoms with Crippen molar-refractivity contribution in [1.82, 2.24) is 29.3 Å². The number of thioether (sulfide) groups is 1. The third-order valence-electron chi connectivity index (χ3n) is 6.92.